The second-order valence-electron chi connectivity index (χ2n) is 3.15. The molecule has 0 atom stereocenters. The number of hydrogen-bond donors (Lipinski definition) is 0. The number of carbonyl (C=O) groups is 1. The van der Waals surface area contributed by atoms with Crippen molar-refractivity contribution in [2.24, 2.45) is 0 Å². The molecule has 0 amide bonds. The average Bonchev–Trinajstić information content (AvgIpc) is 2.30. The highest BCUT2D eigenvalue weighted by Gasteiger charge is 2.22. The Morgan fingerprint density at radius 3 is 2.76 bits per heavy atom. The molecule has 1 aromatic rings. The molecule has 1 heterocycles. The molecule has 0 unspecified atom stereocenters. The van der Waals surface area contributed by atoms with Gasteiger partial charge in [-0.1, -0.05) is 27.5 Å². The number of halogens is 4. The van der Waals surface area contributed by atoms with Crippen LogP contribution in [0.5, 0.6) is 0 Å². The van der Waals surface area contributed by atoms with Gasteiger partial charge in [-0.05, 0) is 5.56 Å². The van der Waals surface area contributed by atoms with Crippen LogP contribution in [0.4, 0.5) is 8.78 Å². The first-order valence-electron chi connectivity index (χ1n) is 4.58. The number of rotatable bonds is 4. The van der Waals surface area contributed by atoms with E-state index in [9.17, 15) is 13.6 Å². The van der Waals surface area contributed by atoms with Gasteiger partial charge < -0.3 is 4.74 Å². The largest absolute Gasteiger partial charge is 0.469 e. The van der Waals surface area contributed by atoms with Gasteiger partial charge in [-0.3, -0.25) is 4.79 Å². The lowest BCUT2D eigenvalue weighted by Crippen LogP contribution is -2.10. The number of nitrogens with zero attached hydrogens (tertiary/aromatic N) is 1. The van der Waals surface area contributed by atoms with Crippen LogP contribution in [0.1, 0.15) is 23.1 Å². The molecule has 0 spiro atoms. The number of hydrogen-bond acceptors (Lipinski definition) is 3. The summed E-state index contributed by atoms with van der Waals surface area (Å²) in [6, 6.07) is 0. The maximum atomic E-state index is 13.0. The summed E-state index contributed by atoms with van der Waals surface area (Å²) in [5.41, 5.74) is 0.0704. The third-order valence-electron chi connectivity index (χ3n) is 2.16. The molecule has 0 aromatic carbocycles. The van der Waals surface area contributed by atoms with E-state index in [1.54, 1.807) is 0 Å². The van der Waals surface area contributed by atoms with Crippen LogP contribution in [0.3, 0.4) is 0 Å². The number of methoxy groups -OCH3 is 1. The van der Waals surface area contributed by atoms with Crippen molar-refractivity contribution in [3.05, 3.63) is 28.0 Å². The average molecular weight is 329 g/mol. The lowest BCUT2D eigenvalue weighted by atomic mass is 10.0. The molecule has 94 valence electrons. The molecule has 3 nitrogen and oxygen atoms in total. The maximum absolute atomic E-state index is 13.0. The molecule has 0 saturated heterocycles. The zero-order valence-electron chi connectivity index (χ0n) is 8.84. The third-order valence-corrected chi connectivity index (χ3v) is 3.09. The number of pyridine rings is 1. The molecule has 0 fully saturated rings. The van der Waals surface area contributed by atoms with Crippen molar-refractivity contribution < 1.29 is 18.3 Å². The first-order valence-corrected chi connectivity index (χ1v) is 6.08. The summed E-state index contributed by atoms with van der Waals surface area (Å²) >= 11 is 8.82. The summed E-state index contributed by atoms with van der Waals surface area (Å²) in [5.74, 6) is -0.637. The van der Waals surface area contributed by atoms with Crippen LogP contribution in [0.2, 0.25) is 5.15 Å². The van der Waals surface area contributed by atoms with E-state index in [1.165, 1.54) is 13.3 Å². The first-order chi connectivity index (χ1) is 8.01. The molecular weight excluding hydrogens is 319 g/mol. The van der Waals surface area contributed by atoms with Gasteiger partial charge in [-0.25, -0.2) is 13.8 Å². The molecule has 0 aliphatic heterocycles. The predicted molar refractivity (Wildman–Crippen MR) is 62.6 cm³/mol. The number of alkyl halides is 3. The van der Waals surface area contributed by atoms with E-state index in [0.717, 1.165) is 0 Å². The molecular formula is C10H9BrClF2NO2. The molecule has 17 heavy (non-hydrogen) atoms. The van der Waals surface area contributed by atoms with Crippen LogP contribution in [-0.2, 0) is 21.3 Å². The lowest BCUT2D eigenvalue weighted by Gasteiger charge is -2.13. The van der Waals surface area contributed by atoms with Crippen LogP contribution in [0.25, 0.3) is 0 Å². The minimum atomic E-state index is -2.72. The normalized spacial score (nSPS) is 10.7. The van der Waals surface area contributed by atoms with Gasteiger partial charge in [0, 0.05) is 22.7 Å². The summed E-state index contributed by atoms with van der Waals surface area (Å²) in [5, 5.41) is 0.112. The van der Waals surface area contributed by atoms with Crippen molar-refractivity contribution in [2.45, 2.75) is 18.2 Å². The third kappa shape index (κ3) is 3.35. The van der Waals surface area contributed by atoms with Gasteiger partial charge in [0.2, 0.25) is 0 Å². The zero-order chi connectivity index (χ0) is 13.0. The molecule has 1 aromatic heterocycles. The van der Waals surface area contributed by atoms with E-state index in [-0.39, 0.29) is 28.0 Å². The van der Waals surface area contributed by atoms with E-state index in [4.69, 9.17) is 11.6 Å². The minimum Gasteiger partial charge on any atom is -0.469 e. The molecule has 0 saturated carbocycles. The van der Waals surface area contributed by atoms with Crippen LogP contribution < -0.4 is 0 Å². The second kappa shape index (κ2) is 6.26. The Balaban J connectivity index is 3.28. The Kier molecular flexibility index (Phi) is 5.27. The van der Waals surface area contributed by atoms with Crippen molar-refractivity contribution >= 4 is 33.5 Å². The Morgan fingerprint density at radius 1 is 1.65 bits per heavy atom. The standard InChI is InChI=1S/C10H9BrClF2NO2/c1-17-7(16)2-6-8(10(13)14)5(3-11)4-15-9(6)12/h4,10H,2-3H2,1H3. The number of esters is 1. The predicted octanol–water partition coefficient (Wildman–Crippen LogP) is 3.28. The minimum absolute atomic E-state index is 0.0190. The van der Waals surface area contributed by atoms with Crippen molar-refractivity contribution in [1.82, 2.24) is 4.98 Å². The summed E-state index contributed by atoms with van der Waals surface area (Å²) in [6.07, 6.45) is -1.77. The molecule has 7 heteroatoms. The summed E-state index contributed by atoms with van der Waals surface area (Å²) in [4.78, 5) is 14.9. The van der Waals surface area contributed by atoms with E-state index in [0.29, 0.717) is 5.56 Å². The lowest BCUT2D eigenvalue weighted by molar-refractivity contribution is -0.139. The smallest absolute Gasteiger partial charge is 0.310 e. The van der Waals surface area contributed by atoms with Gasteiger partial charge in [0.1, 0.15) is 5.15 Å². The zero-order valence-corrected chi connectivity index (χ0v) is 11.2. The van der Waals surface area contributed by atoms with Crippen molar-refractivity contribution in [3.63, 3.8) is 0 Å². The van der Waals surface area contributed by atoms with Gasteiger partial charge in [0.15, 0.2) is 0 Å². The van der Waals surface area contributed by atoms with Crippen molar-refractivity contribution in [1.29, 1.82) is 0 Å². The van der Waals surface area contributed by atoms with Crippen LogP contribution in [0.15, 0.2) is 6.20 Å². The Morgan fingerprint density at radius 2 is 2.29 bits per heavy atom. The fraction of sp³-hybridized carbons (Fsp3) is 0.400. The molecule has 0 aliphatic rings. The number of aromatic nitrogens is 1. The Hall–Kier alpha value is -0.750. The Bertz CT molecular complexity index is 429. The fourth-order valence-corrected chi connectivity index (χ4v) is 2.01. The second-order valence-corrected chi connectivity index (χ2v) is 4.07. The molecule has 0 aliphatic carbocycles. The van der Waals surface area contributed by atoms with E-state index in [1.807, 2.05) is 0 Å². The first kappa shape index (κ1) is 14.3. The van der Waals surface area contributed by atoms with Gasteiger partial charge in [0.05, 0.1) is 13.5 Å². The van der Waals surface area contributed by atoms with Crippen molar-refractivity contribution in [2.75, 3.05) is 7.11 Å². The fourth-order valence-electron chi connectivity index (χ4n) is 1.35. The molecule has 1 rings (SSSR count). The van der Waals surface area contributed by atoms with E-state index < -0.39 is 12.4 Å². The van der Waals surface area contributed by atoms with Gasteiger partial charge in [-0.15, -0.1) is 0 Å². The van der Waals surface area contributed by atoms with Crippen LogP contribution >= 0.6 is 27.5 Å². The van der Waals surface area contributed by atoms with E-state index >= 15 is 0 Å². The summed E-state index contributed by atoms with van der Waals surface area (Å²) in [6.45, 7) is 0. The highest BCUT2D eigenvalue weighted by molar-refractivity contribution is 9.08. The summed E-state index contributed by atoms with van der Waals surface area (Å²) in [7, 11) is 1.18. The Labute approximate surface area is 110 Å². The summed E-state index contributed by atoms with van der Waals surface area (Å²) < 4.78 is 30.3. The van der Waals surface area contributed by atoms with Crippen molar-refractivity contribution in [3.8, 4) is 0 Å². The van der Waals surface area contributed by atoms with Gasteiger partial charge in [-0.2, -0.15) is 0 Å². The quantitative estimate of drug-likeness (QED) is 0.484. The monoisotopic (exact) mass is 327 g/mol. The highest BCUT2D eigenvalue weighted by atomic mass is 79.9. The van der Waals surface area contributed by atoms with Gasteiger partial charge in [0.25, 0.3) is 6.43 Å². The van der Waals surface area contributed by atoms with E-state index in [2.05, 4.69) is 25.7 Å². The SMILES string of the molecule is COC(=O)Cc1c(Cl)ncc(CBr)c1C(F)F. The molecule has 0 bridgehead atoms. The van der Waals surface area contributed by atoms with Crippen LogP contribution in [-0.4, -0.2) is 18.1 Å². The topological polar surface area (TPSA) is 39.2 Å². The number of ether oxygens (including phenoxy) is 1. The van der Waals surface area contributed by atoms with Gasteiger partial charge >= 0.3 is 5.97 Å². The number of carbonyl (C=O) groups excluding carboxylic acids is 1. The maximum Gasteiger partial charge on any atom is 0.310 e. The highest BCUT2D eigenvalue weighted by Crippen LogP contribution is 2.31. The van der Waals surface area contributed by atoms with Crippen LogP contribution in [0, 0.1) is 0 Å². The molecule has 0 N–H and O–H groups in total. The molecule has 0 radical (unpaired) electrons.